The fraction of sp³-hybridized carbons (Fsp3) is 0.500. The molecular formula is C12H17BrN2O3. The van der Waals surface area contributed by atoms with Crippen LogP contribution in [0.1, 0.15) is 20.3 Å². The van der Waals surface area contributed by atoms with Crippen LogP contribution in [0.25, 0.3) is 0 Å². The third kappa shape index (κ3) is 4.18. The molecule has 5 nitrogen and oxygen atoms in total. The number of nitrogens with two attached hydrogens (primary N) is 1. The van der Waals surface area contributed by atoms with Crippen molar-refractivity contribution in [2.75, 3.05) is 11.1 Å². The van der Waals surface area contributed by atoms with Crippen molar-refractivity contribution in [3.8, 4) is 5.75 Å². The van der Waals surface area contributed by atoms with E-state index in [-0.39, 0.29) is 17.5 Å². The molecule has 0 radical (unpaired) electrons. The highest BCUT2D eigenvalue weighted by atomic mass is 79.9. The van der Waals surface area contributed by atoms with E-state index in [1.54, 1.807) is 6.07 Å². The Labute approximate surface area is 115 Å². The highest BCUT2D eigenvalue weighted by molar-refractivity contribution is 9.09. The van der Waals surface area contributed by atoms with Gasteiger partial charge in [0.05, 0.1) is 17.1 Å². The normalized spacial score (nSPS) is 13.9. The lowest BCUT2D eigenvalue weighted by molar-refractivity contribution is -0.384. The average molecular weight is 317 g/mol. The molecule has 0 heterocycles. The standard InChI is InChI=1S/C12H17BrN2O3/c1-8(7-13)5-9(2)18-10-3-4-11(14)12(6-10)15(16)17/h3-4,6,8-9H,5,7,14H2,1-2H3. The van der Waals surface area contributed by atoms with Crippen LogP contribution in [0, 0.1) is 16.0 Å². The molecule has 0 aliphatic heterocycles. The summed E-state index contributed by atoms with van der Waals surface area (Å²) in [6, 6.07) is 4.51. The van der Waals surface area contributed by atoms with Crippen LogP contribution < -0.4 is 10.5 Å². The van der Waals surface area contributed by atoms with Crippen molar-refractivity contribution < 1.29 is 9.66 Å². The summed E-state index contributed by atoms with van der Waals surface area (Å²) in [5.41, 5.74) is 5.55. The molecule has 0 aliphatic carbocycles. The molecule has 0 amide bonds. The Bertz CT molecular complexity index is 426. The molecule has 1 aromatic carbocycles. The Hall–Kier alpha value is -1.30. The predicted octanol–water partition coefficient (Wildman–Crippen LogP) is 3.37. The highest BCUT2D eigenvalue weighted by Crippen LogP contribution is 2.27. The molecule has 1 aromatic rings. The van der Waals surface area contributed by atoms with Crippen LogP contribution >= 0.6 is 15.9 Å². The lowest BCUT2D eigenvalue weighted by atomic mass is 10.1. The summed E-state index contributed by atoms with van der Waals surface area (Å²) in [5, 5.41) is 11.7. The zero-order valence-electron chi connectivity index (χ0n) is 10.4. The molecule has 0 saturated heterocycles. The molecule has 2 atom stereocenters. The molecular weight excluding hydrogens is 300 g/mol. The van der Waals surface area contributed by atoms with Crippen molar-refractivity contribution in [3.63, 3.8) is 0 Å². The van der Waals surface area contributed by atoms with E-state index in [9.17, 15) is 10.1 Å². The van der Waals surface area contributed by atoms with E-state index in [0.717, 1.165) is 11.8 Å². The van der Waals surface area contributed by atoms with Crippen LogP contribution in [-0.4, -0.2) is 16.4 Å². The third-order valence-electron chi connectivity index (χ3n) is 2.53. The summed E-state index contributed by atoms with van der Waals surface area (Å²) in [4.78, 5) is 10.2. The number of nitrogens with zero attached hydrogens (tertiary/aromatic N) is 1. The van der Waals surface area contributed by atoms with Crippen molar-refractivity contribution in [3.05, 3.63) is 28.3 Å². The first-order valence-corrected chi connectivity index (χ1v) is 6.82. The predicted molar refractivity (Wildman–Crippen MR) is 75.2 cm³/mol. The van der Waals surface area contributed by atoms with E-state index in [1.165, 1.54) is 12.1 Å². The van der Waals surface area contributed by atoms with Crippen molar-refractivity contribution in [2.45, 2.75) is 26.4 Å². The summed E-state index contributed by atoms with van der Waals surface area (Å²) in [6.07, 6.45) is 0.879. The second kappa shape index (κ2) is 6.58. The van der Waals surface area contributed by atoms with Crippen LogP contribution in [0.4, 0.5) is 11.4 Å². The monoisotopic (exact) mass is 316 g/mol. The summed E-state index contributed by atoms with van der Waals surface area (Å²) in [6.45, 7) is 4.06. The van der Waals surface area contributed by atoms with Crippen molar-refractivity contribution in [2.24, 2.45) is 5.92 Å². The number of nitro benzene ring substituents is 1. The average Bonchev–Trinajstić information content (AvgIpc) is 2.31. The molecule has 1 rings (SSSR count). The zero-order chi connectivity index (χ0) is 13.7. The third-order valence-corrected chi connectivity index (χ3v) is 3.64. The second-order valence-corrected chi connectivity index (χ2v) is 5.05. The van der Waals surface area contributed by atoms with Gasteiger partial charge in [-0.15, -0.1) is 0 Å². The van der Waals surface area contributed by atoms with E-state index in [1.807, 2.05) is 6.92 Å². The molecule has 2 unspecified atom stereocenters. The van der Waals surface area contributed by atoms with E-state index in [2.05, 4.69) is 22.9 Å². The minimum Gasteiger partial charge on any atom is -0.490 e. The first-order chi connectivity index (χ1) is 8.43. The minimum absolute atomic E-state index is 0.000721. The quantitative estimate of drug-likeness (QED) is 0.378. The van der Waals surface area contributed by atoms with Gasteiger partial charge in [-0.3, -0.25) is 10.1 Å². The zero-order valence-corrected chi connectivity index (χ0v) is 12.0. The van der Waals surface area contributed by atoms with Crippen molar-refractivity contribution >= 4 is 27.3 Å². The van der Waals surface area contributed by atoms with Crippen LogP contribution in [0.3, 0.4) is 0 Å². The van der Waals surface area contributed by atoms with Crippen molar-refractivity contribution in [1.82, 2.24) is 0 Å². The number of alkyl halides is 1. The fourth-order valence-corrected chi connectivity index (χ4v) is 1.93. The molecule has 0 aliphatic rings. The van der Waals surface area contributed by atoms with Crippen LogP contribution in [0.5, 0.6) is 5.75 Å². The van der Waals surface area contributed by atoms with Gasteiger partial charge in [-0.05, 0) is 31.4 Å². The maximum atomic E-state index is 10.7. The summed E-state index contributed by atoms with van der Waals surface area (Å²) in [5.74, 6) is 0.967. The van der Waals surface area contributed by atoms with Gasteiger partial charge >= 0.3 is 0 Å². The van der Waals surface area contributed by atoms with Gasteiger partial charge in [0.15, 0.2) is 0 Å². The number of ether oxygens (including phenoxy) is 1. The van der Waals surface area contributed by atoms with Gasteiger partial charge in [0, 0.05) is 5.33 Å². The van der Waals surface area contributed by atoms with Gasteiger partial charge in [-0.2, -0.15) is 0 Å². The number of hydrogen-bond donors (Lipinski definition) is 1. The Morgan fingerprint density at radius 1 is 1.50 bits per heavy atom. The highest BCUT2D eigenvalue weighted by Gasteiger charge is 2.15. The fourth-order valence-electron chi connectivity index (χ4n) is 1.66. The largest absolute Gasteiger partial charge is 0.490 e. The van der Waals surface area contributed by atoms with E-state index < -0.39 is 4.92 Å². The van der Waals surface area contributed by atoms with E-state index >= 15 is 0 Å². The lowest BCUT2D eigenvalue weighted by Crippen LogP contribution is -2.16. The SMILES string of the molecule is CC(CBr)CC(C)Oc1ccc(N)c([N+](=O)[O-])c1. The molecule has 0 spiro atoms. The minimum atomic E-state index is -0.506. The summed E-state index contributed by atoms with van der Waals surface area (Å²) < 4.78 is 5.65. The van der Waals surface area contributed by atoms with Gasteiger partial charge in [0.25, 0.3) is 5.69 Å². The van der Waals surface area contributed by atoms with Crippen LogP contribution in [0.2, 0.25) is 0 Å². The number of halogens is 1. The number of nitrogen functional groups attached to an aromatic ring is 1. The molecule has 0 bridgehead atoms. The molecule has 0 aromatic heterocycles. The van der Waals surface area contributed by atoms with Crippen LogP contribution in [-0.2, 0) is 0 Å². The number of benzene rings is 1. The number of rotatable bonds is 6. The lowest BCUT2D eigenvalue weighted by Gasteiger charge is -2.17. The van der Waals surface area contributed by atoms with E-state index in [4.69, 9.17) is 10.5 Å². The van der Waals surface area contributed by atoms with Gasteiger partial charge in [0.2, 0.25) is 0 Å². The number of hydrogen-bond acceptors (Lipinski definition) is 4. The first-order valence-electron chi connectivity index (χ1n) is 5.70. The molecule has 100 valence electrons. The van der Waals surface area contributed by atoms with Crippen LogP contribution in [0.15, 0.2) is 18.2 Å². The molecule has 0 saturated carbocycles. The van der Waals surface area contributed by atoms with Gasteiger partial charge in [0.1, 0.15) is 11.4 Å². The van der Waals surface area contributed by atoms with E-state index in [0.29, 0.717) is 11.7 Å². The van der Waals surface area contributed by atoms with Crippen molar-refractivity contribution in [1.29, 1.82) is 0 Å². The Balaban J connectivity index is 2.73. The summed E-state index contributed by atoms with van der Waals surface area (Å²) >= 11 is 3.41. The number of anilines is 1. The second-order valence-electron chi connectivity index (χ2n) is 4.40. The van der Waals surface area contributed by atoms with Gasteiger partial charge in [-0.25, -0.2) is 0 Å². The Morgan fingerprint density at radius 2 is 2.17 bits per heavy atom. The van der Waals surface area contributed by atoms with Gasteiger partial charge < -0.3 is 10.5 Å². The molecule has 0 fully saturated rings. The Kier molecular flexibility index (Phi) is 5.40. The molecule has 6 heteroatoms. The molecule has 2 N–H and O–H groups in total. The maximum absolute atomic E-state index is 10.7. The smallest absolute Gasteiger partial charge is 0.295 e. The number of nitro groups is 1. The molecule has 18 heavy (non-hydrogen) atoms. The Morgan fingerprint density at radius 3 is 2.72 bits per heavy atom. The van der Waals surface area contributed by atoms with Gasteiger partial charge in [-0.1, -0.05) is 22.9 Å². The topological polar surface area (TPSA) is 78.4 Å². The first kappa shape index (κ1) is 14.8. The maximum Gasteiger partial charge on any atom is 0.295 e. The summed E-state index contributed by atoms with van der Waals surface area (Å²) in [7, 11) is 0.